The van der Waals surface area contributed by atoms with E-state index in [-0.39, 0.29) is 5.97 Å². The highest BCUT2D eigenvalue weighted by molar-refractivity contribution is 5.77. The van der Waals surface area contributed by atoms with Gasteiger partial charge in [-0.2, -0.15) is 0 Å². The van der Waals surface area contributed by atoms with Crippen molar-refractivity contribution in [1.29, 1.82) is 0 Å². The van der Waals surface area contributed by atoms with E-state index in [1.807, 2.05) is 0 Å². The number of unbranched alkanes of at least 4 members (excludes halogenated alkanes) is 26. The van der Waals surface area contributed by atoms with Crippen LogP contribution in [0.25, 0.3) is 0 Å². The van der Waals surface area contributed by atoms with E-state index in [9.17, 15) is 14.7 Å². The summed E-state index contributed by atoms with van der Waals surface area (Å²) in [7, 11) is 0. The number of esters is 1. The standard InChI is InChI=1S/C44H80O4/c1-3-5-7-9-11-13-15-17-19-21-23-25-27-29-31-33-35-37-39-41-43(45)48-42(44(46)47)40-38-36-34-32-30-28-26-24-22-20-18-16-14-12-10-8-6-4-2/h5,7,11,13,17,19,42H,3-4,6,8-10,12,14-16,18,20-41H2,1-2H3,(H,46,47)/b7-5-,13-11-,19-17-. The van der Waals surface area contributed by atoms with Crippen LogP contribution in [0.2, 0.25) is 0 Å². The van der Waals surface area contributed by atoms with Gasteiger partial charge in [0.25, 0.3) is 0 Å². The van der Waals surface area contributed by atoms with Gasteiger partial charge in [-0.3, -0.25) is 4.79 Å². The van der Waals surface area contributed by atoms with Crippen molar-refractivity contribution in [3.63, 3.8) is 0 Å². The molecule has 0 heterocycles. The smallest absolute Gasteiger partial charge is 0.345 e. The van der Waals surface area contributed by atoms with Crippen LogP contribution < -0.4 is 0 Å². The van der Waals surface area contributed by atoms with Crippen molar-refractivity contribution in [3.05, 3.63) is 36.5 Å². The zero-order chi connectivity index (χ0) is 35.0. The van der Waals surface area contributed by atoms with Crippen molar-refractivity contribution in [2.24, 2.45) is 0 Å². The molecule has 0 aliphatic carbocycles. The van der Waals surface area contributed by atoms with Gasteiger partial charge in [0.2, 0.25) is 0 Å². The first-order chi connectivity index (χ1) is 23.6. The van der Waals surface area contributed by atoms with E-state index in [4.69, 9.17) is 4.74 Å². The van der Waals surface area contributed by atoms with E-state index >= 15 is 0 Å². The summed E-state index contributed by atoms with van der Waals surface area (Å²) in [6.45, 7) is 4.44. The molecule has 0 amide bonds. The molecule has 1 atom stereocenters. The minimum Gasteiger partial charge on any atom is -0.479 e. The van der Waals surface area contributed by atoms with Crippen LogP contribution in [0.3, 0.4) is 0 Å². The summed E-state index contributed by atoms with van der Waals surface area (Å²) in [6.07, 6.45) is 51.9. The molecule has 0 aromatic carbocycles. The first-order valence-corrected chi connectivity index (χ1v) is 21.0. The Labute approximate surface area is 299 Å². The number of carbonyl (C=O) groups excluding carboxylic acids is 1. The Bertz CT molecular complexity index is 768. The maximum atomic E-state index is 12.2. The highest BCUT2D eigenvalue weighted by Crippen LogP contribution is 2.17. The first-order valence-electron chi connectivity index (χ1n) is 21.0. The van der Waals surface area contributed by atoms with Crippen LogP contribution >= 0.6 is 0 Å². The molecule has 4 nitrogen and oxygen atoms in total. The fraction of sp³-hybridized carbons (Fsp3) is 0.818. The van der Waals surface area contributed by atoms with Crippen LogP contribution in [-0.2, 0) is 14.3 Å². The molecule has 0 fully saturated rings. The van der Waals surface area contributed by atoms with Gasteiger partial charge in [-0.1, -0.05) is 204 Å². The molecule has 1 unspecified atom stereocenters. The van der Waals surface area contributed by atoms with Gasteiger partial charge in [-0.15, -0.1) is 0 Å². The summed E-state index contributed by atoms with van der Waals surface area (Å²) in [6, 6.07) is 0. The number of rotatable bonds is 38. The summed E-state index contributed by atoms with van der Waals surface area (Å²) in [5, 5.41) is 9.52. The van der Waals surface area contributed by atoms with Crippen molar-refractivity contribution >= 4 is 11.9 Å². The fourth-order valence-corrected chi connectivity index (χ4v) is 6.28. The maximum Gasteiger partial charge on any atom is 0.345 e. The third-order valence-electron chi connectivity index (χ3n) is 9.40. The lowest BCUT2D eigenvalue weighted by molar-refractivity contribution is -0.164. The van der Waals surface area contributed by atoms with Crippen LogP contribution in [-0.4, -0.2) is 23.1 Å². The largest absolute Gasteiger partial charge is 0.479 e. The highest BCUT2D eigenvalue weighted by Gasteiger charge is 2.21. The van der Waals surface area contributed by atoms with Gasteiger partial charge in [0.05, 0.1) is 0 Å². The number of allylic oxidation sites excluding steroid dienone is 6. The Kier molecular flexibility index (Phi) is 38.1. The number of carbonyl (C=O) groups is 2. The van der Waals surface area contributed by atoms with Crippen molar-refractivity contribution in [3.8, 4) is 0 Å². The second-order valence-electron chi connectivity index (χ2n) is 14.1. The van der Waals surface area contributed by atoms with Gasteiger partial charge in [0, 0.05) is 6.42 Å². The van der Waals surface area contributed by atoms with E-state index in [1.165, 1.54) is 141 Å². The van der Waals surface area contributed by atoms with E-state index in [1.54, 1.807) is 0 Å². The van der Waals surface area contributed by atoms with Gasteiger partial charge >= 0.3 is 11.9 Å². The van der Waals surface area contributed by atoms with Gasteiger partial charge in [0.1, 0.15) is 0 Å². The van der Waals surface area contributed by atoms with Crippen LogP contribution in [0.15, 0.2) is 36.5 Å². The summed E-state index contributed by atoms with van der Waals surface area (Å²) >= 11 is 0. The third-order valence-corrected chi connectivity index (χ3v) is 9.40. The molecule has 0 aromatic heterocycles. The lowest BCUT2D eigenvalue weighted by Crippen LogP contribution is -2.27. The molecular formula is C44H80O4. The number of hydrogen-bond acceptors (Lipinski definition) is 3. The Morgan fingerprint density at radius 3 is 1.29 bits per heavy atom. The van der Waals surface area contributed by atoms with Gasteiger partial charge in [-0.25, -0.2) is 4.79 Å². The van der Waals surface area contributed by atoms with Gasteiger partial charge in [0.15, 0.2) is 6.10 Å². The predicted octanol–water partition coefficient (Wildman–Crippen LogP) is 14.6. The van der Waals surface area contributed by atoms with Crippen molar-refractivity contribution < 1.29 is 19.4 Å². The predicted molar refractivity (Wildman–Crippen MR) is 209 cm³/mol. The Morgan fingerprint density at radius 1 is 0.479 bits per heavy atom. The molecule has 0 spiro atoms. The van der Waals surface area contributed by atoms with Crippen LogP contribution in [0.5, 0.6) is 0 Å². The lowest BCUT2D eigenvalue weighted by atomic mass is 10.0. The molecular weight excluding hydrogens is 592 g/mol. The van der Waals surface area contributed by atoms with Gasteiger partial charge < -0.3 is 9.84 Å². The zero-order valence-electron chi connectivity index (χ0n) is 32.0. The van der Waals surface area contributed by atoms with Crippen LogP contribution in [0.4, 0.5) is 0 Å². The molecule has 0 rings (SSSR count). The SMILES string of the molecule is CC/C=C\C/C=C\C/C=C\CCCCCCCCCCCC(=O)OC(CCCCCCCCCCCCCCCCCCCC)C(=O)O. The van der Waals surface area contributed by atoms with E-state index in [2.05, 4.69) is 50.3 Å². The van der Waals surface area contributed by atoms with Crippen molar-refractivity contribution in [1.82, 2.24) is 0 Å². The molecule has 48 heavy (non-hydrogen) atoms. The molecule has 280 valence electrons. The second kappa shape index (κ2) is 39.6. The monoisotopic (exact) mass is 673 g/mol. The number of ether oxygens (including phenoxy) is 1. The lowest BCUT2D eigenvalue weighted by Gasteiger charge is -2.13. The van der Waals surface area contributed by atoms with Gasteiger partial charge in [-0.05, 0) is 51.4 Å². The summed E-state index contributed by atoms with van der Waals surface area (Å²) < 4.78 is 5.33. The normalized spacial score (nSPS) is 12.5. The van der Waals surface area contributed by atoms with E-state index in [0.29, 0.717) is 12.8 Å². The fourth-order valence-electron chi connectivity index (χ4n) is 6.28. The Hall–Kier alpha value is -1.84. The molecule has 0 radical (unpaired) electrons. The number of carboxylic acids is 1. The molecule has 0 aliphatic rings. The first kappa shape index (κ1) is 46.2. The average molecular weight is 673 g/mol. The minimum atomic E-state index is -1.01. The van der Waals surface area contributed by atoms with Crippen LogP contribution in [0, 0.1) is 0 Å². The second-order valence-corrected chi connectivity index (χ2v) is 14.1. The van der Waals surface area contributed by atoms with Crippen molar-refractivity contribution in [2.45, 2.75) is 232 Å². The molecule has 0 bridgehead atoms. The molecule has 0 aliphatic heterocycles. The maximum absolute atomic E-state index is 12.2. The quantitative estimate of drug-likeness (QED) is 0.0403. The molecule has 0 saturated heterocycles. The Balaban J connectivity index is 3.53. The highest BCUT2D eigenvalue weighted by atomic mass is 16.6. The molecule has 0 aromatic rings. The number of aliphatic carboxylic acids is 1. The Morgan fingerprint density at radius 2 is 0.854 bits per heavy atom. The number of hydrogen-bond donors (Lipinski definition) is 1. The molecule has 1 N–H and O–H groups in total. The molecule has 4 heteroatoms. The summed E-state index contributed by atoms with van der Waals surface area (Å²) in [4.78, 5) is 23.8. The van der Waals surface area contributed by atoms with E-state index < -0.39 is 12.1 Å². The van der Waals surface area contributed by atoms with Crippen LogP contribution in [0.1, 0.15) is 226 Å². The average Bonchev–Trinajstić information content (AvgIpc) is 3.08. The zero-order valence-corrected chi connectivity index (χ0v) is 32.0. The molecule has 0 saturated carbocycles. The van der Waals surface area contributed by atoms with Crippen molar-refractivity contribution in [2.75, 3.05) is 0 Å². The minimum absolute atomic E-state index is 0.335. The summed E-state index contributed by atoms with van der Waals surface area (Å²) in [5.74, 6) is -1.35. The number of carboxylic acid groups (broad SMARTS) is 1. The third kappa shape index (κ3) is 37.0. The van der Waals surface area contributed by atoms with E-state index in [0.717, 1.165) is 57.8 Å². The topological polar surface area (TPSA) is 63.6 Å². The summed E-state index contributed by atoms with van der Waals surface area (Å²) in [5.41, 5.74) is 0.